The minimum atomic E-state index is 0. The lowest BCUT2D eigenvalue weighted by Crippen LogP contribution is -2.53. The van der Waals surface area contributed by atoms with Crippen LogP contribution in [0.5, 0.6) is 0 Å². The molecule has 0 aromatic heterocycles. The lowest BCUT2D eigenvalue weighted by Gasteiger charge is -2.38. The summed E-state index contributed by atoms with van der Waals surface area (Å²) in [4.78, 5) is 17.0. The quantitative estimate of drug-likeness (QED) is 0.699. The van der Waals surface area contributed by atoms with Gasteiger partial charge in [0.1, 0.15) is 0 Å². The van der Waals surface area contributed by atoms with Crippen molar-refractivity contribution in [2.75, 3.05) is 59.0 Å². The van der Waals surface area contributed by atoms with Gasteiger partial charge in [-0.3, -0.25) is 9.69 Å². The summed E-state index contributed by atoms with van der Waals surface area (Å²) in [5.74, 6) is 1.48. The number of hydrogen-bond acceptors (Lipinski definition) is 5. The smallest absolute Gasteiger partial charge is 0.225 e. The molecule has 2 aliphatic carbocycles. The van der Waals surface area contributed by atoms with Gasteiger partial charge in [0.15, 0.2) is 0 Å². The molecule has 2 N–H and O–H groups in total. The first-order chi connectivity index (χ1) is 12.8. The fraction of sp³-hybridized carbons (Fsp3) is 0.950. The molecule has 0 radical (unpaired) electrons. The van der Waals surface area contributed by atoms with Gasteiger partial charge in [-0.05, 0) is 31.6 Å². The minimum Gasteiger partial charge on any atom is -0.379 e. The highest BCUT2D eigenvalue weighted by atomic mass is 35.5. The first-order valence-electron chi connectivity index (χ1n) is 10.9. The second-order valence-electron chi connectivity index (χ2n) is 8.59. The number of hydrogen-bond donors (Lipinski definition) is 2. The summed E-state index contributed by atoms with van der Waals surface area (Å²) < 4.78 is 5.67. The Labute approximate surface area is 170 Å². The summed E-state index contributed by atoms with van der Waals surface area (Å²) in [6.07, 6.45) is 7.43. The van der Waals surface area contributed by atoms with Gasteiger partial charge >= 0.3 is 0 Å². The van der Waals surface area contributed by atoms with Crippen LogP contribution in [0.1, 0.15) is 38.5 Å². The molecule has 4 aliphatic rings. The van der Waals surface area contributed by atoms with Crippen LogP contribution in [-0.2, 0) is 9.53 Å². The number of ether oxygens (including phenoxy) is 1. The monoisotopic (exact) mass is 400 g/mol. The van der Waals surface area contributed by atoms with Gasteiger partial charge in [0, 0.05) is 63.8 Å². The fourth-order valence-corrected chi connectivity index (χ4v) is 5.10. The zero-order valence-corrected chi connectivity index (χ0v) is 17.4. The van der Waals surface area contributed by atoms with Gasteiger partial charge in [-0.25, -0.2) is 0 Å². The van der Waals surface area contributed by atoms with E-state index in [0.29, 0.717) is 29.8 Å². The predicted octanol–water partition coefficient (Wildman–Crippen LogP) is 1.10. The molecule has 0 spiro atoms. The van der Waals surface area contributed by atoms with E-state index in [9.17, 15) is 4.79 Å². The van der Waals surface area contributed by atoms with Crippen molar-refractivity contribution < 1.29 is 9.53 Å². The summed E-state index contributed by atoms with van der Waals surface area (Å²) >= 11 is 0. The van der Waals surface area contributed by atoms with Gasteiger partial charge in [0.25, 0.3) is 0 Å². The largest absolute Gasteiger partial charge is 0.379 e. The summed E-state index contributed by atoms with van der Waals surface area (Å²) in [6.45, 7) is 8.80. The van der Waals surface area contributed by atoms with Crippen molar-refractivity contribution in [3.63, 3.8) is 0 Å². The first-order valence-corrected chi connectivity index (χ1v) is 10.9. The van der Waals surface area contributed by atoms with Crippen LogP contribution in [0.15, 0.2) is 0 Å². The molecular weight excluding hydrogens is 364 g/mol. The molecule has 3 unspecified atom stereocenters. The topological polar surface area (TPSA) is 56.8 Å². The number of carbonyl (C=O) groups excluding carboxylic acids is 1. The lowest BCUT2D eigenvalue weighted by molar-refractivity contribution is -0.139. The van der Waals surface area contributed by atoms with E-state index >= 15 is 0 Å². The molecule has 6 nitrogen and oxygen atoms in total. The van der Waals surface area contributed by atoms with Crippen LogP contribution >= 0.6 is 12.4 Å². The number of halogens is 1. The Morgan fingerprint density at radius 2 is 1.85 bits per heavy atom. The van der Waals surface area contributed by atoms with Gasteiger partial charge in [0.05, 0.1) is 13.2 Å². The van der Waals surface area contributed by atoms with Gasteiger partial charge in [-0.15, -0.1) is 12.4 Å². The Hall–Kier alpha value is -0.400. The number of nitrogens with one attached hydrogen (secondary N) is 2. The van der Waals surface area contributed by atoms with Crippen LogP contribution in [0, 0.1) is 11.8 Å². The van der Waals surface area contributed by atoms with E-state index in [4.69, 9.17) is 4.74 Å². The molecule has 0 aromatic carbocycles. The molecule has 3 atom stereocenters. The molecule has 156 valence electrons. The number of carbonyl (C=O) groups is 1. The van der Waals surface area contributed by atoms with Crippen molar-refractivity contribution in [1.82, 2.24) is 20.4 Å². The standard InChI is InChI=1S/C20H36N4O2.ClH/c25-20(16-3-1-4-16)24-12-10-23(11-13-24)9-7-21-18-6-2-5-17(18)19-15-26-14-8-22-19;/h16-19,21-22H,1-15H2;1H. The summed E-state index contributed by atoms with van der Waals surface area (Å²) in [7, 11) is 0. The maximum absolute atomic E-state index is 12.3. The van der Waals surface area contributed by atoms with Crippen molar-refractivity contribution in [3.05, 3.63) is 0 Å². The zero-order chi connectivity index (χ0) is 17.8. The molecule has 7 heteroatoms. The molecule has 27 heavy (non-hydrogen) atoms. The molecule has 2 heterocycles. The van der Waals surface area contributed by atoms with Crippen LogP contribution in [0.25, 0.3) is 0 Å². The summed E-state index contributed by atoms with van der Waals surface area (Å²) in [5.41, 5.74) is 0. The third-order valence-corrected chi connectivity index (χ3v) is 7.01. The zero-order valence-electron chi connectivity index (χ0n) is 16.5. The Morgan fingerprint density at radius 1 is 1.07 bits per heavy atom. The summed E-state index contributed by atoms with van der Waals surface area (Å²) in [6, 6.07) is 1.17. The SMILES string of the molecule is Cl.O=C(C1CCC1)N1CCN(CCNC2CCCC2C2COCCN2)CC1. The number of amides is 1. The van der Waals surface area contributed by atoms with E-state index in [1.54, 1.807) is 0 Å². The highest BCUT2D eigenvalue weighted by molar-refractivity contribution is 5.85. The average Bonchev–Trinajstić information content (AvgIpc) is 3.10. The van der Waals surface area contributed by atoms with Gasteiger partial charge in [-0.2, -0.15) is 0 Å². The van der Waals surface area contributed by atoms with E-state index in [2.05, 4.69) is 20.4 Å². The van der Waals surface area contributed by atoms with Gasteiger partial charge in [-0.1, -0.05) is 12.8 Å². The Morgan fingerprint density at radius 3 is 2.52 bits per heavy atom. The molecule has 2 saturated heterocycles. The van der Waals surface area contributed by atoms with E-state index in [1.165, 1.54) is 25.7 Å². The van der Waals surface area contributed by atoms with E-state index in [1.807, 2.05) is 0 Å². The van der Waals surface area contributed by atoms with Crippen LogP contribution in [-0.4, -0.2) is 86.8 Å². The Kier molecular flexibility index (Phi) is 8.21. The Bertz CT molecular complexity index is 463. The van der Waals surface area contributed by atoms with Crippen molar-refractivity contribution >= 4 is 18.3 Å². The molecule has 0 bridgehead atoms. The van der Waals surface area contributed by atoms with Crippen molar-refractivity contribution in [1.29, 1.82) is 0 Å². The van der Waals surface area contributed by atoms with Crippen molar-refractivity contribution in [3.8, 4) is 0 Å². The maximum atomic E-state index is 12.3. The summed E-state index contributed by atoms with van der Waals surface area (Å²) in [5, 5.41) is 7.48. The van der Waals surface area contributed by atoms with E-state index in [-0.39, 0.29) is 12.4 Å². The van der Waals surface area contributed by atoms with Gasteiger partial charge < -0.3 is 20.3 Å². The lowest BCUT2D eigenvalue weighted by atomic mass is 9.84. The second-order valence-corrected chi connectivity index (χ2v) is 8.59. The third kappa shape index (κ3) is 5.36. The third-order valence-electron chi connectivity index (χ3n) is 7.01. The Balaban J connectivity index is 0.00000210. The van der Waals surface area contributed by atoms with E-state index in [0.717, 1.165) is 71.9 Å². The molecule has 4 fully saturated rings. The first kappa shape index (κ1) is 21.3. The number of nitrogens with zero attached hydrogens (tertiary/aromatic N) is 2. The van der Waals surface area contributed by atoms with Crippen molar-refractivity contribution in [2.24, 2.45) is 11.8 Å². The molecule has 2 aliphatic heterocycles. The number of morpholine rings is 1. The normalized spacial score (nSPS) is 32.7. The van der Waals surface area contributed by atoms with Crippen LogP contribution in [0.4, 0.5) is 0 Å². The molecule has 0 aromatic rings. The molecule has 1 amide bonds. The van der Waals surface area contributed by atoms with Crippen molar-refractivity contribution in [2.45, 2.75) is 50.6 Å². The van der Waals surface area contributed by atoms with E-state index < -0.39 is 0 Å². The number of rotatable bonds is 6. The van der Waals surface area contributed by atoms with Crippen LogP contribution < -0.4 is 10.6 Å². The highest BCUT2D eigenvalue weighted by Crippen LogP contribution is 2.30. The molecule has 4 rings (SSSR count). The second kappa shape index (κ2) is 10.4. The minimum absolute atomic E-state index is 0. The maximum Gasteiger partial charge on any atom is 0.225 e. The predicted molar refractivity (Wildman–Crippen MR) is 109 cm³/mol. The van der Waals surface area contributed by atoms with Crippen LogP contribution in [0.3, 0.4) is 0 Å². The molecular formula is C20H37ClN4O2. The molecule has 2 saturated carbocycles. The number of piperazine rings is 1. The highest BCUT2D eigenvalue weighted by Gasteiger charge is 2.34. The van der Waals surface area contributed by atoms with Crippen LogP contribution in [0.2, 0.25) is 0 Å². The average molecular weight is 401 g/mol. The fourth-order valence-electron chi connectivity index (χ4n) is 5.10. The van der Waals surface area contributed by atoms with Gasteiger partial charge in [0.2, 0.25) is 5.91 Å².